The van der Waals surface area contributed by atoms with Crippen LogP contribution in [-0.2, 0) is 4.74 Å². The Hall–Kier alpha value is -2.25. The highest BCUT2D eigenvalue weighted by molar-refractivity contribution is 5.98. The summed E-state index contributed by atoms with van der Waals surface area (Å²) in [6.45, 7) is 11.2. The Morgan fingerprint density at radius 1 is 1.20 bits per heavy atom. The lowest BCUT2D eigenvalue weighted by Gasteiger charge is -2.43. The summed E-state index contributed by atoms with van der Waals surface area (Å²) in [5.74, 6) is -0.284. The second-order valence-electron chi connectivity index (χ2n) is 7.87. The summed E-state index contributed by atoms with van der Waals surface area (Å²) < 4.78 is 7.19. The number of nitrogen functional groups attached to an aromatic ring is 1. The summed E-state index contributed by atoms with van der Waals surface area (Å²) in [5.41, 5.74) is 11.8. The number of likely N-dealkylation sites (tertiary alicyclic amines) is 1. The number of hydrogen-bond acceptors (Lipinski definition) is 5. The molecule has 1 unspecified atom stereocenters. The molecular formula is C17H29N5O3. The van der Waals surface area contributed by atoms with Crippen LogP contribution in [0.2, 0.25) is 0 Å². The molecule has 3 atom stereocenters. The minimum absolute atomic E-state index is 0.00418. The number of rotatable bonds is 2. The molecule has 0 aliphatic carbocycles. The first-order valence-corrected chi connectivity index (χ1v) is 8.58. The molecule has 1 saturated heterocycles. The monoisotopic (exact) mass is 351 g/mol. The molecule has 8 nitrogen and oxygen atoms in total. The highest BCUT2D eigenvalue weighted by Gasteiger charge is 2.38. The van der Waals surface area contributed by atoms with Gasteiger partial charge in [0.15, 0.2) is 0 Å². The number of piperidine rings is 1. The lowest BCUT2D eigenvalue weighted by atomic mass is 9.93. The van der Waals surface area contributed by atoms with Crippen LogP contribution in [0.5, 0.6) is 0 Å². The fourth-order valence-corrected chi connectivity index (χ4v) is 3.57. The molecule has 1 fully saturated rings. The van der Waals surface area contributed by atoms with Gasteiger partial charge in [-0.1, -0.05) is 0 Å². The molecule has 25 heavy (non-hydrogen) atoms. The number of nitrogens with zero attached hydrogens (tertiary/aromatic N) is 3. The predicted octanol–water partition coefficient (Wildman–Crippen LogP) is 2.22. The molecule has 2 rings (SSSR count). The average molecular weight is 351 g/mol. The van der Waals surface area contributed by atoms with Crippen molar-refractivity contribution < 1.29 is 14.3 Å². The van der Waals surface area contributed by atoms with E-state index < -0.39 is 11.5 Å². The van der Waals surface area contributed by atoms with Crippen molar-refractivity contribution in [1.82, 2.24) is 14.7 Å². The minimum Gasteiger partial charge on any atom is -0.444 e. The Morgan fingerprint density at radius 3 is 2.12 bits per heavy atom. The number of aromatic nitrogens is 2. The lowest BCUT2D eigenvalue weighted by molar-refractivity contribution is -0.00677. The van der Waals surface area contributed by atoms with Crippen LogP contribution in [0.25, 0.3) is 0 Å². The van der Waals surface area contributed by atoms with Crippen molar-refractivity contribution in [3.63, 3.8) is 0 Å². The maximum Gasteiger partial charge on any atom is 0.410 e. The molecule has 0 radical (unpaired) electrons. The van der Waals surface area contributed by atoms with Gasteiger partial charge in [-0.3, -0.25) is 4.79 Å². The van der Waals surface area contributed by atoms with Gasteiger partial charge >= 0.3 is 6.09 Å². The molecule has 0 aromatic carbocycles. The molecule has 1 aromatic rings. The van der Waals surface area contributed by atoms with Crippen molar-refractivity contribution in [2.24, 2.45) is 5.73 Å². The number of anilines is 1. The summed E-state index contributed by atoms with van der Waals surface area (Å²) in [5, 5.41) is 4.41. The second kappa shape index (κ2) is 6.57. The van der Waals surface area contributed by atoms with E-state index in [1.807, 2.05) is 34.6 Å². The Kier molecular flexibility index (Phi) is 5.02. The van der Waals surface area contributed by atoms with E-state index in [0.29, 0.717) is 24.4 Å². The molecule has 2 amide bonds. The summed E-state index contributed by atoms with van der Waals surface area (Å²) in [6.07, 6.45) is 1.04. The minimum atomic E-state index is -0.575. The van der Waals surface area contributed by atoms with E-state index in [4.69, 9.17) is 16.2 Å². The van der Waals surface area contributed by atoms with Gasteiger partial charge in [-0.2, -0.15) is 5.10 Å². The van der Waals surface area contributed by atoms with Gasteiger partial charge in [0, 0.05) is 12.1 Å². The van der Waals surface area contributed by atoms with Crippen LogP contribution in [-0.4, -0.2) is 44.4 Å². The summed E-state index contributed by atoms with van der Waals surface area (Å²) in [6, 6.07) is -0.0791. The zero-order valence-corrected chi connectivity index (χ0v) is 15.9. The van der Waals surface area contributed by atoms with Gasteiger partial charge in [0.05, 0.1) is 11.7 Å². The zero-order valence-electron chi connectivity index (χ0n) is 15.9. The van der Waals surface area contributed by atoms with Crippen LogP contribution in [0.15, 0.2) is 0 Å². The number of amides is 2. The Balaban J connectivity index is 2.21. The molecule has 1 aromatic heterocycles. The molecule has 1 aliphatic rings. The topological polar surface area (TPSA) is 116 Å². The second-order valence-corrected chi connectivity index (χ2v) is 7.87. The molecular weight excluding hydrogens is 322 g/mol. The molecule has 1 aliphatic heterocycles. The Bertz CT molecular complexity index is 665. The molecule has 0 spiro atoms. The highest BCUT2D eigenvalue weighted by Crippen LogP contribution is 2.34. The van der Waals surface area contributed by atoms with Gasteiger partial charge in [0.2, 0.25) is 0 Å². The van der Waals surface area contributed by atoms with Crippen molar-refractivity contribution in [3.05, 3.63) is 11.3 Å². The van der Waals surface area contributed by atoms with E-state index in [9.17, 15) is 9.59 Å². The lowest BCUT2D eigenvalue weighted by Crippen LogP contribution is -2.51. The number of aryl methyl sites for hydroxylation is 1. The zero-order chi connectivity index (χ0) is 19.1. The third kappa shape index (κ3) is 3.88. The fraction of sp³-hybridized carbons (Fsp3) is 0.706. The van der Waals surface area contributed by atoms with Gasteiger partial charge in [-0.05, 0) is 54.4 Å². The average Bonchev–Trinajstić information content (AvgIpc) is 2.70. The van der Waals surface area contributed by atoms with Crippen molar-refractivity contribution >= 4 is 17.8 Å². The van der Waals surface area contributed by atoms with E-state index in [-0.39, 0.29) is 29.8 Å². The van der Waals surface area contributed by atoms with Crippen molar-refractivity contribution in [2.45, 2.75) is 78.1 Å². The quantitative estimate of drug-likeness (QED) is 0.847. The molecule has 2 heterocycles. The smallest absolute Gasteiger partial charge is 0.410 e. The summed E-state index contributed by atoms with van der Waals surface area (Å²) >= 11 is 0. The summed E-state index contributed by atoms with van der Waals surface area (Å²) in [7, 11) is 0. The van der Waals surface area contributed by atoms with E-state index in [2.05, 4.69) is 5.10 Å². The Labute approximate surface area is 148 Å². The molecule has 0 saturated carbocycles. The maximum absolute atomic E-state index is 12.5. The van der Waals surface area contributed by atoms with Gasteiger partial charge in [0.1, 0.15) is 17.0 Å². The fourth-order valence-electron chi connectivity index (χ4n) is 3.57. The first kappa shape index (κ1) is 19.1. The predicted molar refractivity (Wildman–Crippen MR) is 95.2 cm³/mol. The van der Waals surface area contributed by atoms with Crippen LogP contribution < -0.4 is 11.5 Å². The largest absolute Gasteiger partial charge is 0.444 e. The number of carbonyl (C=O) groups is 2. The Morgan fingerprint density at radius 2 is 1.72 bits per heavy atom. The third-order valence-corrected chi connectivity index (χ3v) is 4.50. The van der Waals surface area contributed by atoms with E-state index in [1.54, 1.807) is 16.5 Å². The van der Waals surface area contributed by atoms with E-state index in [0.717, 1.165) is 0 Å². The summed E-state index contributed by atoms with van der Waals surface area (Å²) in [4.78, 5) is 25.8. The SMILES string of the molecule is Cc1nn(C2C[C@@H](C)N(C(=O)OC(C)(C)C)[C@@H](C)C2)c(N)c1C(N)=O. The van der Waals surface area contributed by atoms with Crippen molar-refractivity contribution in [3.8, 4) is 0 Å². The molecule has 140 valence electrons. The first-order valence-electron chi connectivity index (χ1n) is 8.58. The number of primary amides is 1. The molecule has 4 N–H and O–H groups in total. The number of nitrogens with two attached hydrogens (primary N) is 2. The van der Waals surface area contributed by atoms with Gasteiger partial charge in [0.25, 0.3) is 5.91 Å². The van der Waals surface area contributed by atoms with Gasteiger partial charge in [-0.15, -0.1) is 0 Å². The van der Waals surface area contributed by atoms with Gasteiger partial charge < -0.3 is 21.1 Å². The van der Waals surface area contributed by atoms with Crippen molar-refractivity contribution in [2.75, 3.05) is 5.73 Å². The van der Waals surface area contributed by atoms with E-state index >= 15 is 0 Å². The van der Waals surface area contributed by atoms with Crippen LogP contribution in [0, 0.1) is 6.92 Å². The highest BCUT2D eigenvalue weighted by atomic mass is 16.6. The third-order valence-electron chi connectivity index (χ3n) is 4.50. The van der Waals surface area contributed by atoms with E-state index in [1.165, 1.54) is 0 Å². The van der Waals surface area contributed by atoms with Crippen LogP contribution in [0.3, 0.4) is 0 Å². The maximum atomic E-state index is 12.5. The first-order chi connectivity index (χ1) is 11.4. The van der Waals surface area contributed by atoms with Crippen LogP contribution >= 0.6 is 0 Å². The number of carbonyl (C=O) groups excluding carboxylic acids is 2. The molecule has 8 heteroatoms. The van der Waals surface area contributed by atoms with Crippen molar-refractivity contribution in [1.29, 1.82) is 0 Å². The molecule has 0 bridgehead atoms. The van der Waals surface area contributed by atoms with Crippen LogP contribution in [0.1, 0.15) is 69.6 Å². The number of hydrogen-bond donors (Lipinski definition) is 2. The number of ether oxygens (including phenoxy) is 1. The standard InChI is InChI=1S/C17H29N5O3/c1-9-7-12(22-14(18)13(15(19)23)11(3)20-22)8-10(2)21(9)16(24)25-17(4,5)6/h9-10,12H,7-8,18H2,1-6H3,(H2,19,23)/t9-,10+,12?. The normalized spacial score (nSPS) is 24.2. The van der Waals surface area contributed by atoms with Crippen LogP contribution in [0.4, 0.5) is 10.6 Å². The van der Waals surface area contributed by atoms with Gasteiger partial charge in [-0.25, -0.2) is 9.48 Å².